The van der Waals surface area contributed by atoms with Gasteiger partial charge in [0.15, 0.2) is 9.84 Å². The third-order valence-corrected chi connectivity index (χ3v) is 5.33. The highest BCUT2D eigenvalue weighted by Gasteiger charge is 2.35. The van der Waals surface area contributed by atoms with Crippen molar-refractivity contribution in [3.8, 4) is 0 Å². The van der Waals surface area contributed by atoms with E-state index in [-0.39, 0.29) is 17.7 Å². The van der Waals surface area contributed by atoms with Crippen molar-refractivity contribution in [1.29, 1.82) is 0 Å². The van der Waals surface area contributed by atoms with Gasteiger partial charge < -0.3 is 5.11 Å². The molecule has 2 unspecified atom stereocenters. The number of hydrogen-bond acceptors (Lipinski definition) is 4. The molecule has 2 rings (SSSR count). The van der Waals surface area contributed by atoms with Gasteiger partial charge in [-0.1, -0.05) is 0 Å². The summed E-state index contributed by atoms with van der Waals surface area (Å²) in [6.07, 6.45) is 2.23. The minimum Gasteiger partial charge on any atom is -0.481 e. The lowest BCUT2D eigenvalue weighted by Gasteiger charge is -2.30. The molecule has 0 bridgehead atoms. The Labute approximate surface area is 95.4 Å². The number of carbonyl (C=O) groups is 1. The number of carboxylic acids is 1. The van der Waals surface area contributed by atoms with Crippen LogP contribution in [-0.2, 0) is 14.6 Å². The third kappa shape index (κ3) is 2.55. The summed E-state index contributed by atoms with van der Waals surface area (Å²) >= 11 is 0. The molecule has 0 amide bonds. The molecule has 0 aromatic carbocycles. The number of nitrogens with zero attached hydrogens (tertiary/aromatic N) is 1. The van der Waals surface area contributed by atoms with Crippen molar-refractivity contribution in [2.24, 2.45) is 5.92 Å². The molecule has 0 aromatic heterocycles. The summed E-state index contributed by atoms with van der Waals surface area (Å²) in [5, 5.41) is 8.89. The van der Waals surface area contributed by atoms with E-state index < -0.39 is 15.8 Å². The summed E-state index contributed by atoms with van der Waals surface area (Å²) in [6.45, 7) is 1.23. The fourth-order valence-corrected chi connectivity index (χ4v) is 4.34. The van der Waals surface area contributed by atoms with Crippen LogP contribution in [0.3, 0.4) is 0 Å². The lowest BCUT2D eigenvalue weighted by Crippen LogP contribution is -2.42. The van der Waals surface area contributed by atoms with Crippen molar-refractivity contribution in [3.63, 3.8) is 0 Å². The van der Waals surface area contributed by atoms with Gasteiger partial charge in [-0.25, -0.2) is 8.42 Å². The highest BCUT2D eigenvalue weighted by molar-refractivity contribution is 7.91. The molecule has 0 radical (unpaired) electrons. The highest BCUT2D eigenvalue weighted by atomic mass is 32.2. The van der Waals surface area contributed by atoms with Gasteiger partial charge in [0.25, 0.3) is 0 Å². The largest absolute Gasteiger partial charge is 0.481 e. The maximum atomic E-state index is 11.5. The average molecular weight is 247 g/mol. The van der Waals surface area contributed by atoms with E-state index in [9.17, 15) is 13.2 Å². The van der Waals surface area contributed by atoms with Crippen molar-refractivity contribution in [3.05, 3.63) is 0 Å². The van der Waals surface area contributed by atoms with E-state index in [1.807, 2.05) is 4.90 Å². The summed E-state index contributed by atoms with van der Waals surface area (Å²) in [7, 11) is -2.90. The number of likely N-dealkylation sites (tertiary alicyclic amines) is 1. The van der Waals surface area contributed by atoms with Crippen LogP contribution in [0, 0.1) is 5.92 Å². The molecule has 6 heteroatoms. The number of sulfone groups is 1. The Morgan fingerprint density at radius 1 is 1.31 bits per heavy atom. The molecule has 2 aliphatic rings. The fourth-order valence-electron chi connectivity index (χ4n) is 2.61. The molecule has 0 aromatic rings. The van der Waals surface area contributed by atoms with E-state index in [0.29, 0.717) is 25.1 Å². The van der Waals surface area contributed by atoms with E-state index in [4.69, 9.17) is 5.11 Å². The quantitative estimate of drug-likeness (QED) is 0.741. The summed E-state index contributed by atoms with van der Waals surface area (Å²) in [5.41, 5.74) is 0. The van der Waals surface area contributed by atoms with Crippen LogP contribution in [0.5, 0.6) is 0 Å². The zero-order chi connectivity index (χ0) is 11.8. The van der Waals surface area contributed by atoms with E-state index in [2.05, 4.69) is 0 Å². The predicted molar refractivity (Wildman–Crippen MR) is 59.0 cm³/mol. The SMILES string of the molecule is O=C(O)C1CCN(C2CCCS(=O)(=O)C2)C1. The normalized spacial score (nSPS) is 35.0. The van der Waals surface area contributed by atoms with Gasteiger partial charge in [-0.3, -0.25) is 9.69 Å². The molecule has 2 fully saturated rings. The van der Waals surface area contributed by atoms with Crippen LogP contribution >= 0.6 is 0 Å². The van der Waals surface area contributed by atoms with Crippen LogP contribution in [0.15, 0.2) is 0 Å². The molecule has 0 aliphatic carbocycles. The van der Waals surface area contributed by atoms with Crippen molar-refractivity contribution >= 4 is 15.8 Å². The first kappa shape index (κ1) is 11.9. The molecule has 2 atom stereocenters. The maximum absolute atomic E-state index is 11.5. The lowest BCUT2D eigenvalue weighted by molar-refractivity contribution is -0.141. The predicted octanol–water partition coefficient (Wildman–Crippen LogP) is -0.0299. The van der Waals surface area contributed by atoms with E-state index in [0.717, 1.165) is 13.0 Å². The minimum absolute atomic E-state index is 0.0445. The number of carboxylic acid groups (broad SMARTS) is 1. The van der Waals surface area contributed by atoms with Gasteiger partial charge in [-0.2, -0.15) is 0 Å². The van der Waals surface area contributed by atoms with Crippen molar-refractivity contribution in [2.45, 2.75) is 25.3 Å². The van der Waals surface area contributed by atoms with Crippen LogP contribution in [-0.4, -0.2) is 55.0 Å². The number of aliphatic carboxylic acids is 1. The second kappa shape index (κ2) is 4.33. The Morgan fingerprint density at radius 2 is 2.06 bits per heavy atom. The summed E-state index contributed by atoms with van der Waals surface area (Å²) in [6, 6.07) is 0.0445. The van der Waals surface area contributed by atoms with Crippen LogP contribution in [0.2, 0.25) is 0 Å². The second-order valence-electron chi connectivity index (χ2n) is 4.73. The van der Waals surface area contributed by atoms with E-state index in [1.54, 1.807) is 0 Å². The van der Waals surface area contributed by atoms with Gasteiger partial charge in [0.05, 0.1) is 17.4 Å². The first-order valence-electron chi connectivity index (χ1n) is 5.65. The standard InChI is InChI=1S/C10H17NO4S/c12-10(13)8-3-4-11(6-8)9-2-1-5-16(14,15)7-9/h8-9H,1-7H2,(H,12,13). The topological polar surface area (TPSA) is 74.7 Å². The van der Waals surface area contributed by atoms with E-state index >= 15 is 0 Å². The lowest BCUT2D eigenvalue weighted by atomic mass is 10.1. The molecule has 2 saturated heterocycles. The van der Waals surface area contributed by atoms with Crippen LogP contribution in [0.1, 0.15) is 19.3 Å². The zero-order valence-corrected chi connectivity index (χ0v) is 9.95. The molecule has 2 aliphatic heterocycles. The zero-order valence-electron chi connectivity index (χ0n) is 9.13. The Balaban J connectivity index is 1.97. The van der Waals surface area contributed by atoms with Gasteiger partial charge >= 0.3 is 5.97 Å². The Kier molecular flexibility index (Phi) is 3.21. The molecule has 5 nitrogen and oxygen atoms in total. The first-order chi connectivity index (χ1) is 7.48. The molecule has 2 heterocycles. The van der Waals surface area contributed by atoms with Gasteiger partial charge in [-0.15, -0.1) is 0 Å². The van der Waals surface area contributed by atoms with Crippen LogP contribution in [0.25, 0.3) is 0 Å². The Hall–Kier alpha value is -0.620. The first-order valence-corrected chi connectivity index (χ1v) is 7.47. The smallest absolute Gasteiger partial charge is 0.307 e. The molecule has 1 N–H and O–H groups in total. The molecule has 0 spiro atoms. The summed E-state index contributed by atoms with van der Waals surface area (Å²) in [5.74, 6) is -0.579. The monoisotopic (exact) mass is 247 g/mol. The molecular formula is C10H17NO4S. The van der Waals surface area contributed by atoms with Crippen LogP contribution in [0.4, 0.5) is 0 Å². The third-order valence-electron chi connectivity index (χ3n) is 3.52. The van der Waals surface area contributed by atoms with E-state index in [1.165, 1.54) is 0 Å². The molecule has 92 valence electrons. The van der Waals surface area contributed by atoms with Crippen molar-refractivity contribution < 1.29 is 18.3 Å². The maximum Gasteiger partial charge on any atom is 0.307 e. The summed E-state index contributed by atoms with van der Waals surface area (Å²) < 4.78 is 23.0. The van der Waals surface area contributed by atoms with Gasteiger partial charge in [0, 0.05) is 12.6 Å². The molecular weight excluding hydrogens is 230 g/mol. The van der Waals surface area contributed by atoms with Crippen molar-refractivity contribution in [1.82, 2.24) is 4.90 Å². The Morgan fingerprint density at radius 3 is 2.62 bits per heavy atom. The number of rotatable bonds is 2. The molecule has 0 saturated carbocycles. The van der Waals surface area contributed by atoms with Gasteiger partial charge in [-0.05, 0) is 25.8 Å². The van der Waals surface area contributed by atoms with Gasteiger partial charge in [0.1, 0.15) is 0 Å². The Bertz CT molecular complexity index is 378. The van der Waals surface area contributed by atoms with Crippen LogP contribution < -0.4 is 0 Å². The number of hydrogen-bond donors (Lipinski definition) is 1. The molecule has 16 heavy (non-hydrogen) atoms. The summed E-state index contributed by atoms with van der Waals surface area (Å²) in [4.78, 5) is 12.8. The average Bonchev–Trinajstić information content (AvgIpc) is 2.64. The van der Waals surface area contributed by atoms with Crippen molar-refractivity contribution in [2.75, 3.05) is 24.6 Å². The fraction of sp³-hybridized carbons (Fsp3) is 0.900. The highest BCUT2D eigenvalue weighted by Crippen LogP contribution is 2.24. The second-order valence-corrected chi connectivity index (χ2v) is 6.96. The minimum atomic E-state index is -2.90. The van der Waals surface area contributed by atoms with Gasteiger partial charge in [0.2, 0.25) is 0 Å².